The molecule has 4 aliphatic rings. The number of hydrogen-bond acceptors (Lipinski definition) is 4. The molecule has 7 heteroatoms. The van der Waals surface area contributed by atoms with Crippen molar-refractivity contribution in [2.45, 2.75) is 24.4 Å². The number of hydrogen-bond donors (Lipinski definition) is 0. The molecule has 0 unspecified atom stereocenters. The van der Waals surface area contributed by atoms with Gasteiger partial charge in [-0.3, -0.25) is 9.59 Å². The van der Waals surface area contributed by atoms with E-state index in [9.17, 15) is 14.0 Å². The number of benzene rings is 1. The lowest BCUT2D eigenvalue weighted by Gasteiger charge is -2.41. The van der Waals surface area contributed by atoms with Gasteiger partial charge in [-0.05, 0) is 6.07 Å². The highest BCUT2D eigenvalue weighted by Crippen LogP contribution is 2.52. The molecule has 6 nitrogen and oxygen atoms in total. The van der Waals surface area contributed by atoms with Crippen LogP contribution in [0, 0.1) is 17.7 Å². The van der Waals surface area contributed by atoms with Crippen molar-refractivity contribution in [3.05, 3.63) is 47.8 Å². The Kier molecular flexibility index (Phi) is 3.67. The molecule has 142 valence electrons. The highest BCUT2D eigenvalue weighted by atomic mass is 19.1. The molecule has 3 fully saturated rings. The Morgan fingerprint density at radius 3 is 2.93 bits per heavy atom. The van der Waals surface area contributed by atoms with E-state index < -0.39 is 17.4 Å². The Bertz CT molecular complexity index is 837. The molecule has 3 saturated heterocycles. The second kappa shape index (κ2) is 5.87. The number of fused-ring (bicyclic) bond motifs is 1. The molecule has 27 heavy (non-hydrogen) atoms. The van der Waals surface area contributed by atoms with Gasteiger partial charge in [-0.15, -0.1) is 0 Å². The van der Waals surface area contributed by atoms with Gasteiger partial charge in [0.25, 0.3) is 0 Å². The minimum atomic E-state index is -0.636. The first-order valence-electron chi connectivity index (χ1n) is 9.24. The van der Waals surface area contributed by atoms with Crippen LogP contribution in [0.5, 0.6) is 0 Å². The van der Waals surface area contributed by atoms with E-state index in [1.165, 1.54) is 6.07 Å². The number of halogens is 1. The zero-order valence-electron chi connectivity index (χ0n) is 15.0. The molecule has 0 radical (unpaired) electrons. The number of ether oxygens (including phenoxy) is 2. The number of likely N-dealkylation sites (tertiary alicyclic amines) is 2. The van der Waals surface area contributed by atoms with E-state index in [-0.39, 0.29) is 36.4 Å². The van der Waals surface area contributed by atoms with Gasteiger partial charge >= 0.3 is 0 Å². The molecule has 1 spiro atoms. The maximum atomic E-state index is 13.6. The minimum Gasteiger partial charge on any atom is -0.370 e. The van der Waals surface area contributed by atoms with Gasteiger partial charge in [0, 0.05) is 25.7 Å². The first-order valence-corrected chi connectivity index (χ1v) is 9.24. The maximum Gasteiger partial charge on any atom is 0.229 e. The van der Waals surface area contributed by atoms with Crippen molar-refractivity contribution >= 4 is 11.8 Å². The van der Waals surface area contributed by atoms with Crippen LogP contribution in [-0.2, 0) is 25.7 Å². The van der Waals surface area contributed by atoms with Crippen LogP contribution in [0.2, 0.25) is 0 Å². The zero-order chi connectivity index (χ0) is 18.8. The van der Waals surface area contributed by atoms with Gasteiger partial charge < -0.3 is 19.3 Å². The number of likely N-dealkylation sites (N-methyl/N-ethyl adjacent to an activating group) is 1. The molecule has 2 amide bonds. The van der Waals surface area contributed by atoms with Crippen LogP contribution in [0.4, 0.5) is 4.39 Å². The quantitative estimate of drug-likeness (QED) is 0.739. The molecule has 0 N–H and O–H groups in total. The third-order valence-electron chi connectivity index (χ3n) is 6.17. The third-order valence-corrected chi connectivity index (χ3v) is 6.17. The van der Waals surface area contributed by atoms with Gasteiger partial charge in [0.2, 0.25) is 11.8 Å². The second-order valence-electron chi connectivity index (χ2n) is 7.86. The zero-order valence-corrected chi connectivity index (χ0v) is 15.0. The minimum absolute atomic E-state index is 0.0203. The molecule has 1 aromatic rings. The number of amides is 2. The largest absolute Gasteiger partial charge is 0.370 e. The summed E-state index contributed by atoms with van der Waals surface area (Å²) in [5.41, 5.74) is -0.127. The first-order chi connectivity index (χ1) is 13.0. The Morgan fingerprint density at radius 1 is 1.37 bits per heavy atom. The lowest BCUT2D eigenvalue weighted by atomic mass is 9.76. The van der Waals surface area contributed by atoms with Gasteiger partial charge in [0.15, 0.2) is 0 Å². The van der Waals surface area contributed by atoms with Crippen LogP contribution in [0.15, 0.2) is 36.4 Å². The Balaban J connectivity index is 1.21. The predicted octanol–water partition coefficient (Wildman–Crippen LogP) is 0.965. The SMILES string of the molecule is CN1C[C@]23C=C[C@H](O2)[C@H](C(=O)N2CC(OCc4ccccc4F)C2)[C@@H]3C1=O. The van der Waals surface area contributed by atoms with E-state index in [1.54, 1.807) is 35.0 Å². The van der Waals surface area contributed by atoms with Crippen molar-refractivity contribution in [3.63, 3.8) is 0 Å². The number of carbonyl (C=O) groups is 2. The third kappa shape index (κ3) is 2.45. The number of nitrogens with zero attached hydrogens (tertiary/aromatic N) is 2. The lowest BCUT2D eigenvalue weighted by molar-refractivity contribution is -0.154. The normalized spacial score (nSPS) is 34.3. The fraction of sp³-hybridized carbons (Fsp3) is 0.500. The summed E-state index contributed by atoms with van der Waals surface area (Å²) in [6, 6.07) is 6.51. The van der Waals surface area contributed by atoms with E-state index in [0.717, 1.165) is 0 Å². The highest BCUT2D eigenvalue weighted by molar-refractivity contribution is 5.93. The van der Waals surface area contributed by atoms with Crippen molar-refractivity contribution in [2.75, 3.05) is 26.7 Å². The summed E-state index contributed by atoms with van der Waals surface area (Å²) in [6.45, 7) is 1.61. The van der Waals surface area contributed by atoms with Gasteiger partial charge in [-0.2, -0.15) is 0 Å². The average Bonchev–Trinajstić information content (AvgIpc) is 3.23. The van der Waals surface area contributed by atoms with Gasteiger partial charge in [0.1, 0.15) is 11.4 Å². The van der Waals surface area contributed by atoms with E-state index in [4.69, 9.17) is 9.47 Å². The molecule has 1 aromatic carbocycles. The summed E-state index contributed by atoms with van der Waals surface area (Å²) < 4.78 is 25.4. The summed E-state index contributed by atoms with van der Waals surface area (Å²) in [5.74, 6) is -1.24. The number of rotatable bonds is 4. The molecule has 2 bridgehead atoms. The predicted molar refractivity (Wildman–Crippen MR) is 92.9 cm³/mol. The topological polar surface area (TPSA) is 59.1 Å². The van der Waals surface area contributed by atoms with Gasteiger partial charge in [-0.1, -0.05) is 30.4 Å². The first kappa shape index (κ1) is 16.9. The van der Waals surface area contributed by atoms with E-state index in [2.05, 4.69) is 0 Å². The molecular weight excluding hydrogens is 351 g/mol. The summed E-state index contributed by atoms with van der Waals surface area (Å²) in [7, 11) is 1.75. The van der Waals surface area contributed by atoms with Crippen molar-refractivity contribution in [1.82, 2.24) is 9.80 Å². The van der Waals surface area contributed by atoms with Crippen LogP contribution in [0.1, 0.15) is 5.56 Å². The second-order valence-corrected chi connectivity index (χ2v) is 7.86. The smallest absolute Gasteiger partial charge is 0.229 e. The van der Waals surface area contributed by atoms with Crippen LogP contribution >= 0.6 is 0 Å². The lowest BCUT2D eigenvalue weighted by Crippen LogP contribution is -2.58. The van der Waals surface area contributed by atoms with Crippen molar-refractivity contribution in [1.29, 1.82) is 0 Å². The molecule has 4 heterocycles. The Labute approximate surface area is 156 Å². The van der Waals surface area contributed by atoms with E-state index in [1.807, 2.05) is 12.2 Å². The average molecular weight is 372 g/mol. The van der Waals surface area contributed by atoms with E-state index >= 15 is 0 Å². The summed E-state index contributed by atoms with van der Waals surface area (Å²) >= 11 is 0. The van der Waals surface area contributed by atoms with Crippen LogP contribution in [-0.4, -0.2) is 66.1 Å². The van der Waals surface area contributed by atoms with Gasteiger partial charge in [0.05, 0.1) is 37.2 Å². The molecule has 4 atom stereocenters. The summed E-state index contributed by atoms with van der Waals surface area (Å²) in [4.78, 5) is 28.9. The van der Waals surface area contributed by atoms with Crippen LogP contribution in [0.25, 0.3) is 0 Å². The van der Waals surface area contributed by atoms with Crippen molar-refractivity contribution in [3.8, 4) is 0 Å². The Morgan fingerprint density at radius 2 is 2.15 bits per heavy atom. The number of carbonyl (C=O) groups excluding carboxylic acids is 2. The van der Waals surface area contributed by atoms with Crippen molar-refractivity contribution < 1.29 is 23.5 Å². The van der Waals surface area contributed by atoms with Crippen LogP contribution < -0.4 is 0 Å². The summed E-state index contributed by atoms with van der Waals surface area (Å²) in [6.07, 6.45) is 3.43. The molecule has 0 aliphatic carbocycles. The standard InChI is InChI=1S/C20H21FN2O4/c1-22-11-20-7-6-15(27-20)16(17(20)19(22)25)18(24)23-8-13(9-23)26-10-12-4-2-3-5-14(12)21/h2-7,13,15-17H,8-11H2,1H3/t15-,16-,17+,20-/m0/s1. The maximum absolute atomic E-state index is 13.6. The van der Waals surface area contributed by atoms with Crippen molar-refractivity contribution in [2.24, 2.45) is 11.8 Å². The van der Waals surface area contributed by atoms with Crippen LogP contribution in [0.3, 0.4) is 0 Å². The van der Waals surface area contributed by atoms with E-state index in [0.29, 0.717) is 25.2 Å². The monoisotopic (exact) mass is 372 g/mol. The molecule has 4 aliphatic heterocycles. The van der Waals surface area contributed by atoms with Gasteiger partial charge in [-0.25, -0.2) is 4.39 Å². The fourth-order valence-corrected chi connectivity index (χ4v) is 4.73. The molecule has 5 rings (SSSR count). The summed E-state index contributed by atoms with van der Waals surface area (Å²) in [5, 5.41) is 0. The Hall–Kier alpha value is -2.25. The molecule has 0 aromatic heterocycles. The molecular formula is C20H21FN2O4. The highest BCUT2D eigenvalue weighted by Gasteiger charge is 2.67. The fourth-order valence-electron chi connectivity index (χ4n) is 4.73. The molecule has 0 saturated carbocycles.